The van der Waals surface area contributed by atoms with Gasteiger partial charge in [0.1, 0.15) is 11.2 Å². The highest BCUT2D eigenvalue weighted by molar-refractivity contribution is 5.94. The highest BCUT2D eigenvalue weighted by atomic mass is 19.4. The summed E-state index contributed by atoms with van der Waals surface area (Å²) < 4.78 is 121. The van der Waals surface area contributed by atoms with Gasteiger partial charge in [-0.2, -0.15) is 40.2 Å². The number of para-hydroxylation sites is 1. The molecule has 57 heavy (non-hydrogen) atoms. The molecule has 0 bridgehead atoms. The van der Waals surface area contributed by atoms with E-state index >= 15 is 0 Å². The molecule has 7 rings (SSSR count). The maximum absolute atomic E-state index is 13.9. The van der Waals surface area contributed by atoms with Crippen molar-refractivity contribution in [2.45, 2.75) is 76.6 Å². The Labute approximate surface area is 321 Å². The number of carboxylic acid groups (broad SMARTS) is 1. The zero-order valence-electron chi connectivity index (χ0n) is 30.5. The summed E-state index contributed by atoms with van der Waals surface area (Å²) in [5.74, 6) is -5.18. The van der Waals surface area contributed by atoms with E-state index in [9.17, 15) is 54.6 Å². The molecule has 4 fully saturated rings. The molecule has 1 atom stereocenters. The summed E-state index contributed by atoms with van der Waals surface area (Å²) in [5, 5.41) is 13.8. The Kier molecular flexibility index (Phi) is 10.8. The molecule has 308 valence electrons. The molecule has 2 aromatic carbocycles. The molecule has 3 aromatic rings. The molecule has 1 unspecified atom stereocenters. The van der Waals surface area contributed by atoms with Crippen molar-refractivity contribution in [3.05, 3.63) is 82.7 Å². The number of aromatic carboxylic acids is 1. The van der Waals surface area contributed by atoms with Crippen molar-refractivity contribution < 1.29 is 64.1 Å². The molecule has 0 radical (unpaired) electrons. The number of ether oxygens (including phenoxy) is 2. The summed E-state index contributed by atoms with van der Waals surface area (Å²) in [6, 6.07) is 11.0. The van der Waals surface area contributed by atoms with Crippen LogP contribution in [0.4, 0.5) is 35.1 Å². The molecule has 2 amide bonds. The van der Waals surface area contributed by atoms with Crippen molar-refractivity contribution in [1.82, 2.24) is 19.6 Å². The molecule has 2 saturated carbocycles. The average molecular weight is 813 g/mol. The first kappa shape index (κ1) is 40.5. The summed E-state index contributed by atoms with van der Waals surface area (Å²) >= 11 is 0. The minimum atomic E-state index is -4.71. The van der Waals surface area contributed by atoms with Gasteiger partial charge in [0.25, 0.3) is 5.91 Å². The van der Waals surface area contributed by atoms with Crippen LogP contribution in [0.3, 0.4) is 0 Å². The Morgan fingerprint density at radius 1 is 0.895 bits per heavy atom. The van der Waals surface area contributed by atoms with E-state index in [-0.39, 0.29) is 107 Å². The largest absolute Gasteiger partial charge is 0.478 e. The summed E-state index contributed by atoms with van der Waals surface area (Å²) in [6.45, 7) is -3.47. The van der Waals surface area contributed by atoms with Crippen LogP contribution in [-0.2, 0) is 22.7 Å². The number of aromatic nitrogens is 2. The second-order valence-electron chi connectivity index (χ2n) is 15.7. The van der Waals surface area contributed by atoms with E-state index in [1.54, 1.807) is 30.3 Å². The maximum Gasteiger partial charge on any atom is 0.403 e. The van der Waals surface area contributed by atoms with Gasteiger partial charge in [-0.05, 0) is 61.6 Å². The Morgan fingerprint density at radius 3 is 2.19 bits per heavy atom. The third-order valence-electron chi connectivity index (χ3n) is 12.1. The van der Waals surface area contributed by atoms with Crippen molar-refractivity contribution in [2.24, 2.45) is 22.7 Å². The van der Waals surface area contributed by atoms with E-state index in [1.165, 1.54) is 34.1 Å². The van der Waals surface area contributed by atoms with E-state index in [0.717, 1.165) is 4.90 Å². The second-order valence-corrected chi connectivity index (χ2v) is 15.7. The number of rotatable bonds is 12. The zero-order valence-corrected chi connectivity index (χ0v) is 30.5. The Balaban J connectivity index is 1.07. The van der Waals surface area contributed by atoms with Gasteiger partial charge in [0, 0.05) is 49.3 Å². The minimum absolute atomic E-state index is 0.0570. The van der Waals surface area contributed by atoms with Gasteiger partial charge < -0.3 is 24.4 Å². The predicted molar refractivity (Wildman–Crippen MR) is 184 cm³/mol. The van der Waals surface area contributed by atoms with Crippen LogP contribution >= 0.6 is 0 Å². The van der Waals surface area contributed by atoms with Crippen LogP contribution in [-0.4, -0.2) is 94.2 Å². The number of amides is 2. The molecule has 1 aromatic heterocycles. The first-order valence-corrected chi connectivity index (χ1v) is 18.6. The third-order valence-corrected chi connectivity index (χ3v) is 12.1. The molecule has 10 nitrogen and oxygen atoms in total. The molecule has 1 N–H and O–H groups in total. The van der Waals surface area contributed by atoms with E-state index in [4.69, 9.17) is 9.47 Å². The summed E-state index contributed by atoms with van der Waals surface area (Å²) in [6.07, 6.45) is -6.91. The van der Waals surface area contributed by atoms with Crippen LogP contribution in [0.1, 0.15) is 81.8 Å². The zero-order chi connectivity index (χ0) is 40.9. The number of carbonyl (C=O) groups excluding carboxylic acids is 2. The Hall–Kier alpha value is -4.74. The molecule has 2 aliphatic carbocycles. The lowest BCUT2D eigenvalue weighted by atomic mass is 9.71. The van der Waals surface area contributed by atoms with E-state index < -0.39 is 65.3 Å². The van der Waals surface area contributed by atoms with Gasteiger partial charge in [0.2, 0.25) is 5.91 Å². The fourth-order valence-corrected chi connectivity index (χ4v) is 8.78. The molecule has 18 heteroatoms. The van der Waals surface area contributed by atoms with Crippen molar-refractivity contribution in [3.63, 3.8) is 0 Å². The van der Waals surface area contributed by atoms with Gasteiger partial charge in [-0.3, -0.25) is 14.3 Å². The van der Waals surface area contributed by atoms with Crippen LogP contribution < -0.4 is 4.74 Å². The lowest BCUT2D eigenvalue weighted by molar-refractivity contribution is -0.205. The predicted octanol–water partition coefficient (Wildman–Crippen LogP) is 7.53. The van der Waals surface area contributed by atoms with E-state index in [2.05, 4.69) is 5.10 Å². The molecule has 2 saturated heterocycles. The highest BCUT2D eigenvalue weighted by Crippen LogP contribution is 2.60. The van der Waals surface area contributed by atoms with Crippen molar-refractivity contribution in [3.8, 4) is 5.75 Å². The quantitative estimate of drug-likeness (QED) is 0.188. The van der Waals surface area contributed by atoms with Crippen LogP contribution in [0.15, 0.2) is 54.9 Å². The monoisotopic (exact) mass is 812 g/mol. The number of benzene rings is 2. The van der Waals surface area contributed by atoms with Crippen molar-refractivity contribution in [2.75, 3.05) is 32.8 Å². The molecular weight excluding hydrogens is 772 g/mol. The number of alkyl halides is 8. The summed E-state index contributed by atoms with van der Waals surface area (Å²) in [5.41, 5.74) is -1.97. The standard InChI is InChI=1S/C39H40F8N4O6/c40-35(41)57-31-25(5-3-7-29(31)23-8-10-27(11-9-23)38(42,43)44)18-56-19-28-17-49(20-36(28)21-50(22-36)34(55)37(12-13-37)39(45,46)47)32(52)26-14-48-51(16-26)15-24-4-1-2-6-30(24)33(53)54/h1-7,14,16,23,27-28,35H,8-13,15,17-22H2,(H,53,54). The molecular formula is C39H40F8N4O6. The van der Waals surface area contributed by atoms with Gasteiger partial charge in [0.05, 0.1) is 43.0 Å². The van der Waals surface area contributed by atoms with Gasteiger partial charge >= 0.3 is 24.9 Å². The molecule has 4 aliphatic rings. The van der Waals surface area contributed by atoms with Crippen LogP contribution in [0, 0.1) is 22.7 Å². The number of hydrogen-bond acceptors (Lipinski definition) is 6. The minimum Gasteiger partial charge on any atom is -0.478 e. The second kappa shape index (κ2) is 15.2. The maximum atomic E-state index is 13.9. The number of hydrogen-bond donors (Lipinski definition) is 1. The first-order chi connectivity index (χ1) is 26.9. The number of likely N-dealkylation sites (tertiary alicyclic amines) is 2. The average Bonchev–Trinajstić information content (AvgIpc) is 3.70. The molecule has 3 heterocycles. The fraction of sp³-hybridized carbons (Fsp3) is 0.538. The topological polar surface area (TPSA) is 114 Å². The van der Waals surface area contributed by atoms with E-state index in [1.807, 2.05) is 0 Å². The van der Waals surface area contributed by atoms with Crippen LogP contribution in [0.5, 0.6) is 5.75 Å². The number of halogens is 8. The van der Waals surface area contributed by atoms with Crippen LogP contribution in [0.2, 0.25) is 0 Å². The number of carboxylic acids is 1. The fourth-order valence-electron chi connectivity index (χ4n) is 8.78. The Bertz CT molecular complexity index is 1980. The van der Waals surface area contributed by atoms with E-state index in [0.29, 0.717) is 11.1 Å². The van der Waals surface area contributed by atoms with Crippen LogP contribution in [0.25, 0.3) is 0 Å². The van der Waals surface area contributed by atoms with Crippen molar-refractivity contribution in [1.29, 1.82) is 0 Å². The van der Waals surface area contributed by atoms with Gasteiger partial charge in [0.15, 0.2) is 0 Å². The smallest absolute Gasteiger partial charge is 0.403 e. The number of nitrogens with zero attached hydrogens (tertiary/aromatic N) is 4. The van der Waals surface area contributed by atoms with Gasteiger partial charge in [-0.25, -0.2) is 4.79 Å². The van der Waals surface area contributed by atoms with Gasteiger partial charge in [-0.1, -0.05) is 36.4 Å². The van der Waals surface area contributed by atoms with Crippen molar-refractivity contribution >= 4 is 17.8 Å². The lowest BCUT2D eigenvalue weighted by Gasteiger charge is -2.51. The first-order valence-electron chi connectivity index (χ1n) is 18.6. The molecule has 1 spiro atoms. The third kappa shape index (κ3) is 8.06. The lowest BCUT2D eigenvalue weighted by Crippen LogP contribution is -2.65. The normalized spacial score (nSPS) is 22.8. The summed E-state index contributed by atoms with van der Waals surface area (Å²) in [7, 11) is 0. The highest BCUT2D eigenvalue weighted by Gasteiger charge is 2.71. The number of carbonyl (C=O) groups is 3. The summed E-state index contributed by atoms with van der Waals surface area (Å²) in [4.78, 5) is 41.3. The SMILES string of the molecule is O=C(O)c1ccccc1Cn1cc(C(=O)N2CC(COCc3cccc(C4CCC(C(F)(F)F)CC4)c3OC(F)F)C3(C2)CN(C(=O)C2(C(F)(F)F)CC2)C3)cn1. The Morgan fingerprint density at radius 2 is 1.56 bits per heavy atom. The van der Waals surface area contributed by atoms with Gasteiger partial charge in [-0.15, -0.1) is 0 Å². The molecule has 2 aliphatic heterocycles.